The Labute approximate surface area is 382 Å². The maximum Gasteiger partial charge on any atom is 0.164 e. The number of rotatable bonds is 7. The predicted molar refractivity (Wildman–Crippen MR) is 276 cm³/mol. The Bertz CT molecular complexity index is 3970. The van der Waals surface area contributed by atoms with Gasteiger partial charge in [-0.05, 0) is 112 Å². The van der Waals surface area contributed by atoms with E-state index in [9.17, 15) is 0 Å². The van der Waals surface area contributed by atoms with Gasteiger partial charge in [-0.1, -0.05) is 159 Å². The average Bonchev–Trinajstić information content (AvgIpc) is 3.89. The summed E-state index contributed by atoms with van der Waals surface area (Å²) in [5.74, 6) is 1.91. The Kier molecular flexibility index (Phi) is 8.88. The van der Waals surface area contributed by atoms with Crippen LogP contribution in [-0.2, 0) is 6.42 Å². The van der Waals surface area contributed by atoms with Crippen LogP contribution < -0.4 is 0 Å². The van der Waals surface area contributed by atoms with E-state index in [-0.39, 0.29) is 0 Å². The van der Waals surface area contributed by atoms with Crippen molar-refractivity contribution in [3.05, 3.63) is 217 Å². The summed E-state index contributed by atoms with van der Waals surface area (Å²) in [6.07, 6.45) is 9.80. The highest BCUT2D eigenvalue weighted by molar-refractivity contribution is 6.19. The second kappa shape index (κ2) is 15.4. The summed E-state index contributed by atoms with van der Waals surface area (Å²) in [6, 6.07) is 67.7. The van der Waals surface area contributed by atoms with E-state index in [0.29, 0.717) is 17.5 Å². The number of allylic oxidation sites excluding steroid dienone is 4. The lowest BCUT2D eigenvalue weighted by molar-refractivity contribution is 1.06. The molecule has 0 saturated carbocycles. The van der Waals surface area contributed by atoms with E-state index in [1.165, 1.54) is 70.8 Å². The molecule has 1 aliphatic carbocycles. The summed E-state index contributed by atoms with van der Waals surface area (Å²) < 4.78 is 4.79. The first-order valence-corrected chi connectivity index (χ1v) is 23.0. The van der Waals surface area contributed by atoms with Crippen molar-refractivity contribution >= 4 is 70.7 Å². The van der Waals surface area contributed by atoms with Gasteiger partial charge in [0.2, 0.25) is 0 Å². The zero-order valence-corrected chi connectivity index (χ0v) is 36.5. The molecule has 1 aliphatic rings. The molecule has 9 aromatic carbocycles. The molecule has 0 bridgehead atoms. The third-order valence-corrected chi connectivity index (χ3v) is 13.6. The number of aryl methyl sites for hydroxylation is 1. The summed E-state index contributed by atoms with van der Waals surface area (Å²) >= 11 is 0. The minimum Gasteiger partial charge on any atom is -0.309 e. The van der Waals surface area contributed by atoms with Crippen molar-refractivity contribution in [2.45, 2.75) is 26.2 Å². The van der Waals surface area contributed by atoms with Crippen molar-refractivity contribution in [3.8, 4) is 45.5 Å². The molecule has 3 aromatic heterocycles. The Morgan fingerprint density at radius 1 is 0.439 bits per heavy atom. The number of aromatic nitrogens is 5. The van der Waals surface area contributed by atoms with E-state index in [4.69, 9.17) is 15.0 Å². The van der Waals surface area contributed by atoms with Gasteiger partial charge in [-0.25, -0.2) is 15.0 Å². The molecule has 5 nitrogen and oxygen atoms in total. The van der Waals surface area contributed by atoms with Gasteiger partial charge < -0.3 is 9.13 Å². The summed E-state index contributed by atoms with van der Waals surface area (Å²) in [5.41, 5.74) is 13.7. The maximum atomic E-state index is 5.31. The van der Waals surface area contributed by atoms with Crippen molar-refractivity contribution in [3.63, 3.8) is 0 Å². The van der Waals surface area contributed by atoms with Gasteiger partial charge in [0.25, 0.3) is 0 Å². The molecule has 13 rings (SSSR count). The number of hydrogen-bond donors (Lipinski definition) is 0. The Balaban J connectivity index is 0.999. The first-order chi connectivity index (χ1) is 32.7. The number of benzene rings is 9. The summed E-state index contributed by atoms with van der Waals surface area (Å²) in [5, 5.41) is 9.97. The monoisotopic (exact) mass is 845 g/mol. The van der Waals surface area contributed by atoms with Crippen LogP contribution in [0.5, 0.6) is 0 Å². The average molecular weight is 846 g/mol. The maximum absolute atomic E-state index is 5.31. The van der Waals surface area contributed by atoms with Crippen molar-refractivity contribution < 1.29 is 0 Å². The minimum atomic E-state index is 0.625. The Morgan fingerprint density at radius 2 is 1.03 bits per heavy atom. The Hall–Kier alpha value is -8.41. The Morgan fingerprint density at radius 3 is 1.73 bits per heavy atom. The number of para-hydroxylation sites is 3. The SMILES string of the molecule is CCc1cc2cc(-c3nc(-c4ccccc4)nc(-c4cccc(-n5c6ccccc6c6cc7c8ccccc8n(-c8ccccc8)c7cc65)c4)n3)ccc2c2c(C3=CC=CCC3)cccc12. The zero-order valence-electron chi connectivity index (χ0n) is 36.5. The number of hydrogen-bond acceptors (Lipinski definition) is 3. The molecule has 5 heteroatoms. The highest BCUT2D eigenvalue weighted by Gasteiger charge is 2.21. The van der Waals surface area contributed by atoms with Gasteiger partial charge >= 0.3 is 0 Å². The van der Waals surface area contributed by atoms with Crippen molar-refractivity contribution in [1.29, 1.82) is 0 Å². The largest absolute Gasteiger partial charge is 0.309 e. The lowest BCUT2D eigenvalue weighted by Crippen LogP contribution is -2.01. The molecular formula is C61H43N5. The van der Waals surface area contributed by atoms with Gasteiger partial charge in [0.05, 0.1) is 22.1 Å². The molecule has 0 amide bonds. The molecule has 12 aromatic rings. The second-order valence-corrected chi connectivity index (χ2v) is 17.4. The third-order valence-electron chi connectivity index (χ3n) is 13.6. The van der Waals surface area contributed by atoms with Crippen LogP contribution in [0, 0.1) is 0 Å². The number of nitrogens with zero attached hydrogens (tertiary/aromatic N) is 5. The van der Waals surface area contributed by atoms with Crippen LogP contribution in [0.15, 0.2) is 206 Å². The van der Waals surface area contributed by atoms with Crippen LogP contribution in [-0.4, -0.2) is 24.1 Å². The summed E-state index contributed by atoms with van der Waals surface area (Å²) in [6.45, 7) is 2.25. The lowest BCUT2D eigenvalue weighted by Gasteiger charge is -2.17. The fourth-order valence-electron chi connectivity index (χ4n) is 10.5. The van der Waals surface area contributed by atoms with Crippen molar-refractivity contribution in [2.75, 3.05) is 0 Å². The van der Waals surface area contributed by atoms with Gasteiger partial charge in [-0.2, -0.15) is 0 Å². The molecule has 312 valence electrons. The topological polar surface area (TPSA) is 48.5 Å². The van der Waals surface area contributed by atoms with Gasteiger partial charge in [0.1, 0.15) is 0 Å². The van der Waals surface area contributed by atoms with E-state index in [1.54, 1.807) is 0 Å². The number of fused-ring (bicyclic) bond motifs is 9. The van der Waals surface area contributed by atoms with Gasteiger partial charge in [0, 0.05) is 49.6 Å². The fourth-order valence-corrected chi connectivity index (χ4v) is 10.5. The molecule has 0 saturated heterocycles. The molecule has 0 atom stereocenters. The molecule has 0 spiro atoms. The van der Waals surface area contributed by atoms with Crippen LogP contribution in [0.2, 0.25) is 0 Å². The lowest BCUT2D eigenvalue weighted by atomic mass is 9.87. The highest BCUT2D eigenvalue weighted by atomic mass is 15.0. The highest BCUT2D eigenvalue weighted by Crippen LogP contribution is 2.41. The van der Waals surface area contributed by atoms with Crippen LogP contribution in [0.25, 0.3) is 116 Å². The predicted octanol–water partition coefficient (Wildman–Crippen LogP) is 15.7. The quantitative estimate of drug-likeness (QED) is 0.150. The van der Waals surface area contributed by atoms with Gasteiger partial charge in [-0.3, -0.25) is 0 Å². The molecule has 0 radical (unpaired) electrons. The van der Waals surface area contributed by atoms with E-state index in [0.717, 1.165) is 58.4 Å². The van der Waals surface area contributed by atoms with Crippen LogP contribution in [0.3, 0.4) is 0 Å². The summed E-state index contributed by atoms with van der Waals surface area (Å²) in [4.78, 5) is 15.7. The van der Waals surface area contributed by atoms with Gasteiger partial charge in [0.15, 0.2) is 17.5 Å². The molecule has 0 fully saturated rings. The first-order valence-electron chi connectivity index (χ1n) is 23.0. The normalized spacial score (nSPS) is 12.9. The second-order valence-electron chi connectivity index (χ2n) is 17.4. The van der Waals surface area contributed by atoms with E-state index in [1.807, 2.05) is 18.2 Å². The molecular weight excluding hydrogens is 803 g/mol. The first kappa shape index (κ1) is 38.1. The molecule has 0 aliphatic heterocycles. The minimum absolute atomic E-state index is 0.625. The molecule has 3 heterocycles. The smallest absolute Gasteiger partial charge is 0.164 e. The van der Waals surface area contributed by atoms with Gasteiger partial charge in [-0.15, -0.1) is 0 Å². The van der Waals surface area contributed by atoms with E-state index >= 15 is 0 Å². The summed E-state index contributed by atoms with van der Waals surface area (Å²) in [7, 11) is 0. The van der Waals surface area contributed by atoms with E-state index < -0.39 is 0 Å². The molecule has 0 unspecified atom stereocenters. The van der Waals surface area contributed by atoms with Crippen molar-refractivity contribution in [2.24, 2.45) is 0 Å². The van der Waals surface area contributed by atoms with Crippen LogP contribution in [0.4, 0.5) is 0 Å². The zero-order chi connectivity index (χ0) is 43.7. The van der Waals surface area contributed by atoms with E-state index in [2.05, 4.69) is 204 Å². The third kappa shape index (κ3) is 6.12. The van der Waals surface area contributed by atoms with Crippen LogP contribution in [0.1, 0.15) is 30.9 Å². The molecule has 66 heavy (non-hydrogen) atoms. The van der Waals surface area contributed by atoms with Crippen molar-refractivity contribution in [1.82, 2.24) is 24.1 Å². The molecule has 0 N–H and O–H groups in total. The van der Waals surface area contributed by atoms with Crippen LogP contribution >= 0.6 is 0 Å². The standard InChI is InChI=1S/C61H43N5/c1-2-39-34-44-35-43(32-33-49(44)58-47(39)28-17-29-48(58)40-18-6-3-7-19-40)61-63-59(41-20-8-4-9-21-41)62-60(64-61)42-22-16-25-46(36-42)66-55-31-15-13-27-51(55)53-37-52-50-26-12-14-30-54(50)65(56(52)38-57(53)66)45-23-10-5-11-24-45/h3-6,8-18,20-38H,2,7,19H2,1H3. The fraction of sp³-hybridized carbons (Fsp3) is 0.0656.